The van der Waals surface area contributed by atoms with Gasteiger partial charge in [-0.05, 0) is 28.9 Å². The second-order valence-electron chi connectivity index (χ2n) is 3.42. The molecular formula is C10H10BrN3O2. The molecule has 0 saturated carbocycles. The molecule has 0 radical (unpaired) electrons. The minimum absolute atomic E-state index is 0.193. The Bertz CT molecular complexity index is 497. The largest absolute Gasteiger partial charge is 0.461 e. The number of furan rings is 1. The summed E-state index contributed by atoms with van der Waals surface area (Å²) in [5.74, 6) is 1.28. The number of nitrogens with two attached hydrogens (primary N) is 1. The number of halogens is 1. The van der Waals surface area contributed by atoms with E-state index in [0.29, 0.717) is 5.76 Å². The molecule has 84 valence electrons. The van der Waals surface area contributed by atoms with Crippen LogP contribution in [0.5, 0.6) is 0 Å². The van der Waals surface area contributed by atoms with Crippen molar-refractivity contribution in [3.63, 3.8) is 0 Å². The normalized spacial score (nSPS) is 18.4. The van der Waals surface area contributed by atoms with Gasteiger partial charge in [0.15, 0.2) is 0 Å². The molecule has 0 spiro atoms. The Kier molecular flexibility index (Phi) is 2.59. The molecule has 0 saturated heterocycles. The summed E-state index contributed by atoms with van der Waals surface area (Å²) >= 11 is 3.33. The number of aliphatic imine (C=N–C) groups is 1. The molecule has 0 fully saturated rings. The predicted octanol–water partition coefficient (Wildman–Crippen LogP) is 1.48. The van der Waals surface area contributed by atoms with Crippen LogP contribution in [0.2, 0.25) is 0 Å². The third-order valence-corrected chi connectivity index (χ3v) is 3.04. The molecule has 16 heavy (non-hydrogen) atoms. The van der Waals surface area contributed by atoms with E-state index < -0.39 is 0 Å². The van der Waals surface area contributed by atoms with E-state index >= 15 is 0 Å². The van der Waals surface area contributed by atoms with Gasteiger partial charge in [0.25, 0.3) is 5.91 Å². The highest BCUT2D eigenvalue weighted by atomic mass is 79.9. The summed E-state index contributed by atoms with van der Waals surface area (Å²) in [6.07, 6.45) is 1.57. The first-order valence-corrected chi connectivity index (χ1v) is 5.38. The highest BCUT2D eigenvalue weighted by molar-refractivity contribution is 9.10. The van der Waals surface area contributed by atoms with Gasteiger partial charge in [-0.2, -0.15) is 0 Å². The van der Waals surface area contributed by atoms with E-state index in [2.05, 4.69) is 20.9 Å². The van der Waals surface area contributed by atoms with Crippen molar-refractivity contribution in [2.75, 3.05) is 7.05 Å². The molecule has 0 aliphatic carbocycles. The Balaban J connectivity index is 2.36. The molecule has 2 heterocycles. The second kappa shape index (κ2) is 3.79. The first-order chi connectivity index (χ1) is 7.49. The fourth-order valence-electron chi connectivity index (χ4n) is 1.30. The quantitative estimate of drug-likeness (QED) is 0.794. The van der Waals surface area contributed by atoms with Crippen molar-refractivity contribution in [1.82, 2.24) is 4.90 Å². The lowest BCUT2D eigenvalue weighted by Gasteiger charge is -2.05. The molecule has 5 nitrogen and oxygen atoms in total. The smallest absolute Gasteiger partial charge is 0.279 e. The maximum Gasteiger partial charge on any atom is 0.279 e. The molecule has 1 aliphatic rings. The van der Waals surface area contributed by atoms with Crippen LogP contribution in [0.1, 0.15) is 11.5 Å². The van der Waals surface area contributed by atoms with Crippen LogP contribution in [-0.2, 0) is 4.79 Å². The molecule has 1 amide bonds. The average Bonchev–Trinajstić information content (AvgIpc) is 2.64. The van der Waals surface area contributed by atoms with Crippen LogP contribution in [0.25, 0.3) is 6.08 Å². The molecule has 6 heteroatoms. The van der Waals surface area contributed by atoms with Gasteiger partial charge in [0.2, 0.25) is 5.96 Å². The van der Waals surface area contributed by atoms with Crippen molar-refractivity contribution in [3.05, 3.63) is 27.8 Å². The van der Waals surface area contributed by atoms with Crippen LogP contribution >= 0.6 is 15.9 Å². The van der Waals surface area contributed by atoms with Gasteiger partial charge in [0, 0.05) is 13.1 Å². The van der Waals surface area contributed by atoms with Gasteiger partial charge in [-0.15, -0.1) is 0 Å². The Morgan fingerprint density at radius 3 is 2.75 bits per heavy atom. The number of hydrogen-bond acceptors (Lipinski definition) is 4. The number of carbonyl (C=O) groups excluding carboxylic acids is 1. The number of hydrogen-bond donors (Lipinski definition) is 1. The van der Waals surface area contributed by atoms with Crippen molar-refractivity contribution in [1.29, 1.82) is 0 Å². The zero-order valence-electron chi connectivity index (χ0n) is 8.82. The first kappa shape index (κ1) is 10.9. The minimum atomic E-state index is -0.234. The number of rotatable bonds is 1. The van der Waals surface area contributed by atoms with Crippen LogP contribution in [0.3, 0.4) is 0 Å². The van der Waals surface area contributed by atoms with Crippen LogP contribution in [-0.4, -0.2) is 23.8 Å². The van der Waals surface area contributed by atoms with Gasteiger partial charge in [-0.25, -0.2) is 4.99 Å². The molecule has 1 aromatic rings. The SMILES string of the molecule is Cc1oc(/C=C2/N=C(N)N(C)C2=O)cc1Br. The van der Waals surface area contributed by atoms with Gasteiger partial charge in [0.05, 0.1) is 4.47 Å². The maximum absolute atomic E-state index is 11.6. The molecule has 0 bridgehead atoms. The van der Waals surface area contributed by atoms with Crippen LogP contribution in [0.4, 0.5) is 0 Å². The number of guanidine groups is 1. The molecule has 1 aliphatic heterocycles. The maximum atomic E-state index is 11.6. The van der Waals surface area contributed by atoms with Gasteiger partial charge >= 0.3 is 0 Å². The zero-order chi connectivity index (χ0) is 11.9. The summed E-state index contributed by atoms with van der Waals surface area (Å²) in [7, 11) is 1.57. The zero-order valence-corrected chi connectivity index (χ0v) is 10.4. The lowest BCUT2D eigenvalue weighted by molar-refractivity contribution is -0.121. The Labute approximate surface area is 101 Å². The first-order valence-electron chi connectivity index (χ1n) is 4.59. The van der Waals surface area contributed by atoms with E-state index in [4.69, 9.17) is 10.2 Å². The van der Waals surface area contributed by atoms with Gasteiger partial charge < -0.3 is 10.2 Å². The fraction of sp³-hybridized carbons (Fsp3) is 0.200. The number of carbonyl (C=O) groups is 1. The number of aryl methyl sites for hydroxylation is 1. The fourth-order valence-corrected chi connectivity index (χ4v) is 1.61. The van der Waals surface area contributed by atoms with Crippen LogP contribution < -0.4 is 5.73 Å². The van der Waals surface area contributed by atoms with E-state index in [9.17, 15) is 4.79 Å². The van der Waals surface area contributed by atoms with Crippen molar-refractivity contribution < 1.29 is 9.21 Å². The summed E-state index contributed by atoms with van der Waals surface area (Å²) in [5, 5.41) is 0. The van der Waals surface area contributed by atoms with Crippen molar-refractivity contribution in [3.8, 4) is 0 Å². The number of likely N-dealkylation sites (N-methyl/N-ethyl adjacent to an activating group) is 1. The summed E-state index contributed by atoms with van der Waals surface area (Å²) < 4.78 is 6.25. The summed E-state index contributed by atoms with van der Waals surface area (Å²) in [6, 6.07) is 1.78. The molecule has 0 unspecified atom stereocenters. The van der Waals surface area contributed by atoms with Gasteiger partial charge in [-0.1, -0.05) is 0 Å². The lowest BCUT2D eigenvalue weighted by Crippen LogP contribution is -2.33. The average molecular weight is 284 g/mol. The Morgan fingerprint density at radius 2 is 2.31 bits per heavy atom. The van der Waals surface area contributed by atoms with Crippen molar-refractivity contribution in [2.45, 2.75) is 6.92 Å². The number of amides is 1. The second-order valence-corrected chi connectivity index (χ2v) is 4.27. The standard InChI is InChI=1S/C10H10BrN3O2/c1-5-7(11)3-6(16-5)4-8-9(15)14(2)10(12)13-8/h3-4H,1-2H3,(H2,12,13)/b8-4+. The molecule has 2 N–H and O–H groups in total. The Hall–Kier alpha value is -1.56. The monoisotopic (exact) mass is 283 g/mol. The third-order valence-electron chi connectivity index (χ3n) is 2.26. The van der Waals surface area contributed by atoms with Gasteiger partial charge in [0.1, 0.15) is 17.2 Å². The van der Waals surface area contributed by atoms with Gasteiger partial charge in [-0.3, -0.25) is 9.69 Å². The number of nitrogens with zero attached hydrogens (tertiary/aromatic N) is 2. The molecule has 2 rings (SSSR count). The van der Waals surface area contributed by atoms with E-state index in [0.717, 1.165) is 10.2 Å². The van der Waals surface area contributed by atoms with E-state index in [1.165, 1.54) is 4.90 Å². The van der Waals surface area contributed by atoms with E-state index in [-0.39, 0.29) is 17.6 Å². The third kappa shape index (κ3) is 1.76. The topological polar surface area (TPSA) is 71.8 Å². The van der Waals surface area contributed by atoms with E-state index in [1.807, 2.05) is 6.92 Å². The molecule has 0 atom stereocenters. The molecule has 0 aromatic carbocycles. The van der Waals surface area contributed by atoms with Crippen LogP contribution in [0, 0.1) is 6.92 Å². The lowest BCUT2D eigenvalue weighted by atomic mass is 10.3. The minimum Gasteiger partial charge on any atom is -0.461 e. The molecular weight excluding hydrogens is 274 g/mol. The Morgan fingerprint density at radius 1 is 1.62 bits per heavy atom. The highest BCUT2D eigenvalue weighted by Crippen LogP contribution is 2.23. The molecule has 1 aromatic heterocycles. The summed E-state index contributed by atoms with van der Waals surface area (Å²) in [5.41, 5.74) is 5.80. The summed E-state index contributed by atoms with van der Waals surface area (Å²) in [6.45, 7) is 1.83. The van der Waals surface area contributed by atoms with Crippen molar-refractivity contribution in [2.24, 2.45) is 10.7 Å². The van der Waals surface area contributed by atoms with Crippen LogP contribution in [0.15, 0.2) is 25.6 Å². The van der Waals surface area contributed by atoms with Crippen molar-refractivity contribution >= 4 is 33.9 Å². The summed E-state index contributed by atoms with van der Waals surface area (Å²) in [4.78, 5) is 16.9. The van der Waals surface area contributed by atoms with E-state index in [1.54, 1.807) is 19.2 Å². The predicted molar refractivity (Wildman–Crippen MR) is 63.5 cm³/mol. The highest BCUT2D eigenvalue weighted by Gasteiger charge is 2.25.